The number of rotatable bonds is 5. The van der Waals surface area contributed by atoms with E-state index in [1.54, 1.807) is 25.3 Å². The second-order valence-corrected chi connectivity index (χ2v) is 6.09. The van der Waals surface area contributed by atoms with Crippen molar-refractivity contribution in [1.29, 1.82) is 0 Å². The van der Waals surface area contributed by atoms with Crippen molar-refractivity contribution >= 4 is 11.7 Å². The molecule has 0 unspecified atom stereocenters. The molecule has 9 nitrogen and oxygen atoms in total. The molecule has 1 aliphatic heterocycles. The predicted molar refractivity (Wildman–Crippen MR) is 101 cm³/mol. The maximum absolute atomic E-state index is 12.5. The Kier molecular flexibility index (Phi) is 4.71. The van der Waals surface area contributed by atoms with Gasteiger partial charge in [0.15, 0.2) is 23.0 Å². The summed E-state index contributed by atoms with van der Waals surface area (Å²) in [6.45, 7) is 1.32. The van der Waals surface area contributed by atoms with E-state index in [2.05, 4.69) is 15.6 Å². The van der Waals surface area contributed by atoms with Crippen LogP contribution in [-0.4, -0.2) is 41.2 Å². The van der Waals surface area contributed by atoms with Gasteiger partial charge >= 0.3 is 0 Å². The van der Waals surface area contributed by atoms with Crippen molar-refractivity contribution in [2.45, 2.75) is 6.54 Å². The molecule has 2 heterocycles. The third-order valence-electron chi connectivity index (χ3n) is 4.30. The number of amides is 1. The molecule has 0 saturated heterocycles. The number of nitrogens with two attached hydrogens (primary N) is 1. The highest BCUT2D eigenvalue weighted by Crippen LogP contribution is 2.32. The zero-order valence-corrected chi connectivity index (χ0v) is 15.2. The van der Waals surface area contributed by atoms with E-state index in [-0.39, 0.29) is 11.5 Å². The van der Waals surface area contributed by atoms with Gasteiger partial charge in [0.1, 0.15) is 19.0 Å². The second-order valence-electron chi connectivity index (χ2n) is 6.09. The molecule has 1 amide bonds. The van der Waals surface area contributed by atoms with Crippen LogP contribution in [0.3, 0.4) is 0 Å². The number of anilines is 1. The minimum absolute atomic E-state index is 0.0587. The number of nitrogen functional groups attached to an aromatic ring is 1. The summed E-state index contributed by atoms with van der Waals surface area (Å²) >= 11 is 0. The smallest absolute Gasteiger partial charge is 0.275 e. The number of ether oxygens (including phenoxy) is 3. The van der Waals surface area contributed by atoms with Gasteiger partial charge in [0.05, 0.1) is 12.8 Å². The fraction of sp³-hybridized carbons (Fsp3) is 0.211. The Bertz CT molecular complexity index is 1000. The molecule has 1 aliphatic rings. The van der Waals surface area contributed by atoms with Gasteiger partial charge in [-0.3, -0.25) is 4.79 Å². The highest BCUT2D eigenvalue weighted by Gasteiger charge is 2.20. The van der Waals surface area contributed by atoms with Crippen LogP contribution in [0.25, 0.3) is 5.69 Å². The first-order valence-corrected chi connectivity index (χ1v) is 8.68. The van der Waals surface area contributed by atoms with Gasteiger partial charge in [0.25, 0.3) is 5.91 Å². The van der Waals surface area contributed by atoms with E-state index in [4.69, 9.17) is 19.9 Å². The Morgan fingerprint density at radius 3 is 2.68 bits per heavy atom. The fourth-order valence-corrected chi connectivity index (χ4v) is 2.81. The number of fused-ring (bicyclic) bond motifs is 1. The first kappa shape index (κ1) is 17.7. The molecule has 1 aromatic heterocycles. The van der Waals surface area contributed by atoms with Gasteiger partial charge in [-0.15, -0.1) is 5.10 Å². The molecule has 3 N–H and O–H groups in total. The van der Waals surface area contributed by atoms with Crippen LogP contribution in [0, 0.1) is 0 Å². The number of methoxy groups -OCH3 is 1. The lowest BCUT2D eigenvalue weighted by Gasteiger charge is -2.18. The highest BCUT2D eigenvalue weighted by molar-refractivity contribution is 5.96. The second kappa shape index (κ2) is 7.47. The summed E-state index contributed by atoms with van der Waals surface area (Å²) in [6.07, 6.45) is 0. The third kappa shape index (κ3) is 3.41. The van der Waals surface area contributed by atoms with Crippen molar-refractivity contribution in [1.82, 2.24) is 20.3 Å². The van der Waals surface area contributed by atoms with Crippen LogP contribution in [-0.2, 0) is 6.54 Å². The SMILES string of the molecule is COc1ccc(CNC(=O)c2nnn(-c3ccc4c(c3)OCCO4)c2N)cc1. The van der Waals surface area contributed by atoms with Crippen LogP contribution in [0.15, 0.2) is 42.5 Å². The molecule has 0 bridgehead atoms. The molecule has 0 radical (unpaired) electrons. The number of carbonyl (C=O) groups excluding carboxylic acids is 1. The summed E-state index contributed by atoms with van der Waals surface area (Å²) in [7, 11) is 1.60. The number of nitrogens with one attached hydrogen (secondary N) is 1. The van der Waals surface area contributed by atoms with E-state index in [1.807, 2.05) is 24.3 Å². The minimum atomic E-state index is -0.405. The monoisotopic (exact) mass is 381 g/mol. The number of benzene rings is 2. The summed E-state index contributed by atoms with van der Waals surface area (Å²) in [6, 6.07) is 12.7. The number of carbonyl (C=O) groups is 1. The lowest BCUT2D eigenvalue weighted by atomic mass is 10.2. The van der Waals surface area contributed by atoms with Crippen molar-refractivity contribution in [3.8, 4) is 22.9 Å². The van der Waals surface area contributed by atoms with E-state index in [1.165, 1.54) is 4.68 Å². The van der Waals surface area contributed by atoms with Crippen molar-refractivity contribution in [2.24, 2.45) is 0 Å². The molecule has 0 spiro atoms. The van der Waals surface area contributed by atoms with E-state index >= 15 is 0 Å². The molecule has 9 heteroatoms. The third-order valence-corrected chi connectivity index (χ3v) is 4.30. The van der Waals surface area contributed by atoms with Crippen LogP contribution < -0.4 is 25.3 Å². The minimum Gasteiger partial charge on any atom is -0.497 e. The van der Waals surface area contributed by atoms with Crippen LogP contribution >= 0.6 is 0 Å². The van der Waals surface area contributed by atoms with Gasteiger partial charge < -0.3 is 25.3 Å². The maximum Gasteiger partial charge on any atom is 0.275 e. The summed E-state index contributed by atoms with van der Waals surface area (Å²) < 4.78 is 17.6. The van der Waals surface area contributed by atoms with Crippen LogP contribution in [0.4, 0.5) is 5.82 Å². The Hall–Kier alpha value is -3.75. The molecule has 0 aliphatic carbocycles. The summed E-state index contributed by atoms with van der Waals surface area (Å²) in [4.78, 5) is 12.5. The molecule has 28 heavy (non-hydrogen) atoms. The van der Waals surface area contributed by atoms with Crippen LogP contribution in [0.5, 0.6) is 17.2 Å². The summed E-state index contributed by atoms with van der Waals surface area (Å²) in [5.74, 6) is 1.75. The molecule has 0 atom stereocenters. The normalized spacial score (nSPS) is 12.5. The maximum atomic E-state index is 12.5. The Morgan fingerprint density at radius 1 is 1.18 bits per heavy atom. The van der Waals surface area contributed by atoms with E-state index in [9.17, 15) is 4.79 Å². The predicted octanol–water partition coefficient (Wildman–Crippen LogP) is 1.56. The molecule has 0 saturated carbocycles. The largest absolute Gasteiger partial charge is 0.497 e. The number of hydrogen-bond donors (Lipinski definition) is 2. The van der Waals surface area contributed by atoms with Gasteiger partial charge in [0, 0.05) is 12.6 Å². The van der Waals surface area contributed by atoms with Gasteiger partial charge in [-0.2, -0.15) is 4.68 Å². The molecule has 4 rings (SSSR count). The first-order valence-electron chi connectivity index (χ1n) is 8.68. The quantitative estimate of drug-likeness (QED) is 0.689. The number of nitrogens with zero attached hydrogens (tertiary/aromatic N) is 3. The number of aromatic nitrogens is 3. The molecule has 0 fully saturated rings. The lowest BCUT2D eigenvalue weighted by molar-refractivity contribution is 0.0946. The molecule has 2 aromatic carbocycles. The van der Waals surface area contributed by atoms with Crippen LogP contribution in [0.2, 0.25) is 0 Å². The van der Waals surface area contributed by atoms with Gasteiger partial charge in [-0.1, -0.05) is 17.3 Å². The van der Waals surface area contributed by atoms with Gasteiger partial charge in [0.2, 0.25) is 0 Å². The van der Waals surface area contributed by atoms with Crippen LogP contribution in [0.1, 0.15) is 16.1 Å². The lowest BCUT2D eigenvalue weighted by Crippen LogP contribution is -2.24. The fourth-order valence-electron chi connectivity index (χ4n) is 2.81. The Balaban J connectivity index is 1.48. The van der Waals surface area contributed by atoms with Crippen molar-refractivity contribution in [3.63, 3.8) is 0 Å². The van der Waals surface area contributed by atoms with Crippen molar-refractivity contribution < 1.29 is 19.0 Å². The van der Waals surface area contributed by atoms with Gasteiger partial charge in [-0.05, 0) is 29.8 Å². The van der Waals surface area contributed by atoms with E-state index in [0.29, 0.717) is 36.9 Å². The Labute approximate surface area is 161 Å². The van der Waals surface area contributed by atoms with E-state index in [0.717, 1.165) is 11.3 Å². The molecular formula is C19H19N5O4. The molecule has 144 valence electrons. The average Bonchev–Trinajstić information content (AvgIpc) is 3.13. The average molecular weight is 381 g/mol. The Morgan fingerprint density at radius 2 is 1.93 bits per heavy atom. The van der Waals surface area contributed by atoms with Crippen molar-refractivity contribution in [2.75, 3.05) is 26.1 Å². The topological polar surface area (TPSA) is 114 Å². The highest BCUT2D eigenvalue weighted by atomic mass is 16.6. The first-order chi connectivity index (χ1) is 13.7. The number of hydrogen-bond acceptors (Lipinski definition) is 7. The summed E-state index contributed by atoms with van der Waals surface area (Å²) in [5.41, 5.74) is 7.72. The zero-order chi connectivity index (χ0) is 19.5. The standard InChI is InChI=1S/C19H19N5O4/c1-26-14-5-2-12(3-6-14)11-21-19(25)17-18(20)24(23-22-17)13-4-7-15-16(10-13)28-9-8-27-15/h2-7,10H,8-9,11,20H2,1H3,(H,21,25). The van der Waals surface area contributed by atoms with E-state index < -0.39 is 5.91 Å². The van der Waals surface area contributed by atoms with Crippen molar-refractivity contribution in [3.05, 3.63) is 53.7 Å². The van der Waals surface area contributed by atoms with Gasteiger partial charge in [-0.25, -0.2) is 0 Å². The molecule has 3 aromatic rings. The molecular weight excluding hydrogens is 362 g/mol. The summed E-state index contributed by atoms with van der Waals surface area (Å²) in [5, 5.41) is 10.7. The zero-order valence-electron chi connectivity index (χ0n) is 15.2.